The van der Waals surface area contributed by atoms with Crippen LogP contribution in [0.3, 0.4) is 0 Å². The SMILES string of the molecule is CCN1c2ccccc2N(C(=O)C2CC2)CC1C. The van der Waals surface area contributed by atoms with Gasteiger partial charge in [-0.05, 0) is 38.8 Å². The van der Waals surface area contributed by atoms with E-state index < -0.39 is 0 Å². The Kier molecular flexibility index (Phi) is 2.77. The van der Waals surface area contributed by atoms with E-state index in [1.807, 2.05) is 11.0 Å². The lowest BCUT2D eigenvalue weighted by atomic mass is 10.1. The van der Waals surface area contributed by atoms with Gasteiger partial charge < -0.3 is 9.80 Å². The minimum atomic E-state index is 0.290. The average Bonchev–Trinajstić information content (AvgIpc) is 3.21. The number of fused-ring (bicyclic) bond motifs is 1. The highest BCUT2D eigenvalue weighted by Gasteiger charge is 2.38. The van der Waals surface area contributed by atoms with Gasteiger partial charge in [-0.2, -0.15) is 0 Å². The highest BCUT2D eigenvalue weighted by Crippen LogP contribution is 2.39. The van der Waals surface area contributed by atoms with Gasteiger partial charge in [-0.25, -0.2) is 0 Å². The van der Waals surface area contributed by atoms with Crippen LogP contribution >= 0.6 is 0 Å². The molecule has 0 saturated heterocycles. The monoisotopic (exact) mass is 244 g/mol. The zero-order valence-electron chi connectivity index (χ0n) is 11.1. The van der Waals surface area contributed by atoms with E-state index in [0.29, 0.717) is 17.9 Å². The van der Waals surface area contributed by atoms with E-state index in [1.54, 1.807) is 0 Å². The molecule has 1 heterocycles. The van der Waals surface area contributed by atoms with Crippen molar-refractivity contribution in [3.05, 3.63) is 24.3 Å². The second kappa shape index (κ2) is 4.30. The first-order valence-electron chi connectivity index (χ1n) is 6.89. The molecular formula is C15H20N2O. The van der Waals surface area contributed by atoms with Crippen LogP contribution in [0.5, 0.6) is 0 Å². The largest absolute Gasteiger partial charge is 0.366 e. The van der Waals surface area contributed by atoms with E-state index in [0.717, 1.165) is 31.6 Å². The third kappa shape index (κ3) is 1.78. The number of likely N-dealkylation sites (N-methyl/N-ethyl adjacent to an activating group) is 1. The van der Waals surface area contributed by atoms with E-state index >= 15 is 0 Å². The number of para-hydroxylation sites is 2. The summed E-state index contributed by atoms with van der Waals surface area (Å²) in [6.07, 6.45) is 2.15. The van der Waals surface area contributed by atoms with Gasteiger partial charge in [0.1, 0.15) is 0 Å². The number of benzene rings is 1. The number of anilines is 2. The maximum absolute atomic E-state index is 12.4. The molecular weight excluding hydrogens is 224 g/mol. The average molecular weight is 244 g/mol. The molecule has 0 bridgehead atoms. The molecule has 1 unspecified atom stereocenters. The van der Waals surface area contributed by atoms with Gasteiger partial charge in [-0.15, -0.1) is 0 Å². The van der Waals surface area contributed by atoms with Crippen LogP contribution in [0.4, 0.5) is 11.4 Å². The molecule has 1 fully saturated rings. The first-order chi connectivity index (χ1) is 8.72. The summed E-state index contributed by atoms with van der Waals surface area (Å²) in [6, 6.07) is 8.67. The van der Waals surface area contributed by atoms with Gasteiger partial charge in [0.15, 0.2) is 0 Å². The van der Waals surface area contributed by atoms with Crippen molar-refractivity contribution in [1.29, 1.82) is 0 Å². The molecule has 2 aliphatic rings. The summed E-state index contributed by atoms with van der Waals surface area (Å²) in [5.74, 6) is 0.614. The Hall–Kier alpha value is -1.51. The maximum atomic E-state index is 12.4. The molecule has 0 N–H and O–H groups in total. The normalized spacial score (nSPS) is 22.9. The molecule has 1 saturated carbocycles. The Morgan fingerprint density at radius 3 is 2.56 bits per heavy atom. The van der Waals surface area contributed by atoms with Crippen molar-refractivity contribution < 1.29 is 4.79 Å². The highest BCUT2D eigenvalue weighted by atomic mass is 16.2. The number of hydrogen-bond acceptors (Lipinski definition) is 2. The van der Waals surface area contributed by atoms with Crippen LogP contribution in [0.25, 0.3) is 0 Å². The molecule has 3 nitrogen and oxygen atoms in total. The van der Waals surface area contributed by atoms with Gasteiger partial charge in [-0.3, -0.25) is 4.79 Å². The van der Waals surface area contributed by atoms with Gasteiger partial charge >= 0.3 is 0 Å². The van der Waals surface area contributed by atoms with Crippen LogP contribution < -0.4 is 9.80 Å². The van der Waals surface area contributed by atoms with Gasteiger partial charge in [-0.1, -0.05) is 12.1 Å². The highest BCUT2D eigenvalue weighted by molar-refractivity contribution is 6.00. The van der Waals surface area contributed by atoms with E-state index in [9.17, 15) is 4.79 Å². The fourth-order valence-corrected chi connectivity index (χ4v) is 2.88. The minimum absolute atomic E-state index is 0.290. The molecule has 0 aromatic heterocycles. The van der Waals surface area contributed by atoms with Crippen LogP contribution in [-0.4, -0.2) is 25.0 Å². The molecule has 1 atom stereocenters. The number of hydrogen-bond donors (Lipinski definition) is 0. The lowest BCUT2D eigenvalue weighted by molar-refractivity contribution is -0.119. The van der Waals surface area contributed by atoms with Crippen molar-refractivity contribution >= 4 is 17.3 Å². The van der Waals surface area contributed by atoms with E-state index in [-0.39, 0.29) is 0 Å². The zero-order valence-corrected chi connectivity index (χ0v) is 11.1. The second-order valence-electron chi connectivity index (χ2n) is 5.35. The molecule has 1 aromatic rings. The van der Waals surface area contributed by atoms with Crippen LogP contribution in [0, 0.1) is 5.92 Å². The van der Waals surface area contributed by atoms with Crippen molar-refractivity contribution in [2.45, 2.75) is 32.7 Å². The molecule has 1 aromatic carbocycles. The van der Waals surface area contributed by atoms with Crippen molar-refractivity contribution in [2.75, 3.05) is 22.9 Å². The Labute approximate surface area is 108 Å². The first kappa shape index (κ1) is 11.6. The molecule has 0 spiro atoms. The van der Waals surface area contributed by atoms with Crippen molar-refractivity contribution in [3.63, 3.8) is 0 Å². The number of amides is 1. The van der Waals surface area contributed by atoms with Crippen LogP contribution in [0.2, 0.25) is 0 Å². The van der Waals surface area contributed by atoms with Gasteiger partial charge in [0.05, 0.1) is 11.4 Å². The number of carbonyl (C=O) groups excluding carboxylic acids is 1. The fourth-order valence-electron chi connectivity index (χ4n) is 2.88. The lowest BCUT2D eigenvalue weighted by Crippen LogP contribution is -2.50. The summed E-state index contributed by atoms with van der Waals surface area (Å²) in [7, 11) is 0. The van der Waals surface area contributed by atoms with Gasteiger partial charge in [0, 0.05) is 25.0 Å². The van der Waals surface area contributed by atoms with E-state index in [1.165, 1.54) is 5.69 Å². The number of rotatable bonds is 2. The molecule has 1 aliphatic heterocycles. The summed E-state index contributed by atoms with van der Waals surface area (Å²) in [5.41, 5.74) is 2.29. The Morgan fingerprint density at radius 1 is 1.28 bits per heavy atom. The predicted molar refractivity (Wildman–Crippen MR) is 74.0 cm³/mol. The maximum Gasteiger partial charge on any atom is 0.230 e. The van der Waals surface area contributed by atoms with Gasteiger partial charge in [0.25, 0.3) is 0 Å². The van der Waals surface area contributed by atoms with Crippen molar-refractivity contribution in [1.82, 2.24) is 0 Å². The molecule has 96 valence electrons. The number of carbonyl (C=O) groups is 1. The Morgan fingerprint density at radius 2 is 1.94 bits per heavy atom. The summed E-state index contributed by atoms with van der Waals surface area (Å²) in [4.78, 5) is 16.8. The minimum Gasteiger partial charge on any atom is -0.366 e. The summed E-state index contributed by atoms with van der Waals surface area (Å²) in [6.45, 7) is 6.18. The predicted octanol–water partition coefficient (Wildman–Crippen LogP) is 2.66. The summed E-state index contributed by atoms with van der Waals surface area (Å²) < 4.78 is 0. The standard InChI is InChI=1S/C15H20N2O/c1-3-16-11(2)10-17(15(18)12-8-9-12)14-7-5-4-6-13(14)16/h4-7,11-12H,3,8-10H2,1-2H3. The van der Waals surface area contributed by atoms with Crippen molar-refractivity contribution in [3.8, 4) is 0 Å². The Bertz CT molecular complexity index is 467. The first-order valence-corrected chi connectivity index (χ1v) is 6.89. The topological polar surface area (TPSA) is 23.6 Å². The van der Waals surface area contributed by atoms with Crippen molar-refractivity contribution in [2.24, 2.45) is 5.92 Å². The summed E-state index contributed by atoms with van der Waals surface area (Å²) >= 11 is 0. The zero-order chi connectivity index (χ0) is 12.7. The van der Waals surface area contributed by atoms with Crippen LogP contribution in [-0.2, 0) is 4.79 Å². The third-order valence-corrected chi connectivity index (χ3v) is 3.99. The quantitative estimate of drug-likeness (QED) is 0.798. The lowest BCUT2D eigenvalue weighted by Gasteiger charge is -2.42. The molecule has 3 heteroatoms. The van der Waals surface area contributed by atoms with Crippen LogP contribution in [0.15, 0.2) is 24.3 Å². The molecule has 0 radical (unpaired) electrons. The number of nitrogens with zero attached hydrogens (tertiary/aromatic N) is 2. The summed E-state index contributed by atoms with van der Waals surface area (Å²) in [5, 5.41) is 0. The van der Waals surface area contributed by atoms with Crippen LogP contribution in [0.1, 0.15) is 26.7 Å². The molecule has 18 heavy (non-hydrogen) atoms. The third-order valence-electron chi connectivity index (χ3n) is 3.99. The smallest absolute Gasteiger partial charge is 0.230 e. The fraction of sp³-hybridized carbons (Fsp3) is 0.533. The molecule has 3 rings (SSSR count). The van der Waals surface area contributed by atoms with Gasteiger partial charge in [0.2, 0.25) is 5.91 Å². The van der Waals surface area contributed by atoms with E-state index in [4.69, 9.17) is 0 Å². The molecule has 1 amide bonds. The molecule has 1 aliphatic carbocycles. The Balaban J connectivity index is 1.99. The van der Waals surface area contributed by atoms with E-state index in [2.05, 4.69) is 36.9 Å². The second-order valence-corrected chi connectivity index (χ2v) is 5.35.